The summed E-state index contributed by atoms with van der Waals surface area (Å²) in [5, 5.41) is 0. The van der Waals surface area contributed by atoms with Crippen LogP contribution >= 0.6 is 15.9 Å². The molecule has 0 saturated carbocycles. The molecular formula is C14H14BrFN2O2S. The molecule has 0 aromatic heterocycles. The van der Waals surface area contributed by atoms with Crippen molar-refractivity contribution < 1.29 is 12.8 Å². The van der Waals surface area contributed by atoms with Crippen LogP contribution in [0.1, 0.15) is 11.1 Å². The van der Waals surface area contributed by atoms with Gasteiger partial charge in [0.2, 0.25) is 10.0 Å². The third-order valence-corrected chi connectivity index (χ3v) is 4.71. The number of hydrogen-bond acceptors (Lipinski definition) is 3. The van der Waals surface area contributed by atoms with E-state index >= 15 is 0 Å². The van der Waals surface area contributed by atoms with Crippen molar-refractivity contribution in [2.75, 3.05) is 4.72 Å². The lowest BCUT2D eigenvalue weighted by Crippen LogP contribution is -2.15. The first-order valence-corrected chi connectivity index (χ1v) is 8.57. The van der Waals surface area contributed by atoms with E-state index in [0.717, 1.165) is 11.6 Å². The Bertz CT molecular complexity index is 750. The Balaban J connectivity index is 2.20. The first kappa shape index (κ1) is 15.9. The summed E-state index contributed by atoms with van der Waals surface area (Å²) in [6.45, 7) is 0.344. The molecular weight excluding hydrogens is 359 g/mol. The minimum absolute atomic E-state index is 0.171. The summed E-state index contributed by atoms with van der Waals surface area (Å²) < 4.78 is 40.3. The summed E-state index contributed by atoms with van der Waals surface area (Å²) in [6.07, 6.45) is 0. The van der Waals surface area contributed by atoms with E-state index < -0.39 is 15.8 Å². The van der Waals surface area contributed by atoms with Gasteiger partial charge in [0.15, 0.2) is 0 Å². The van der Waals surface area contributed by atoms with Crippen LogP contribution < -0.4 is 10.5 Å². The van der Waals surface area contributed by atoms with Crippen LogP contribution in [0.25, 0.3) is 0 Å². The summed E-state index contributed by atoms with van der Waals surface area (Å²) in [7, 11) is -3.64. The molecule has 0 amide bonds. The normalized spacial score (nSPS) is 11.4. The molecule has 0 spiro atoms. The Kier molecular flexibility index (Phi) is 4.97. The molecule has 2 aromatic rings. The van der Waals surface area contributed by atoms with Crippen molar-refractivity contribution in [1.29, 1.82) is 0 Å². The van der Waals surface area contributed by atoms with E-state index in [1.807, 2.05) is 6.07 Å². The van der Waals surface area contributed by atoms with Crippen molar-refractivity contribution in [3.8, 4) is 0 Å². The van der Waals surface area contributed by atoms with Crippen LogP contribution in [-0.4, -0.2) is 8.42 Å². The van der Waals surface area contributed by atoms with Crippen molar-refractivity contribution in [2.24, 2.45) is 5.73 Å². The van der Waals surface area contributed by atoms with Crippen LogP contribution in [-0.2, 0) is 22.3 Å². The van der Waals surface area contributed by atoms with Gasteiger partial charge in [0.05, 0.1) is 11.4 Å². The number of nitrogens with two attached hydrogens (primary N) is 1. The molecule has 0 radical (unpaired) electrons. The highest BCUT2D eigenvalue weighted by Crippen LogP contribution is 2.24. The molecule has 0 fully saturated rings. The lowest BCUT2D eigenvalue weighted by Gasteiger charge is -2.10. The SMILES string of the molecule is NCc1cccc(CS(=O)(=O)Nc2cc(F)ccc2Br)c1. The molecule has 0 bridgehead atoms. The number of rotatable bonds is 5. The van der Waals surface area contributed by atoms with E-state index in [0.29, 0.717) is 16.6 Å². The van der Waals surface area contributed by atoms with Crippen molar-refractivity contribution in [2.45, 2.75) is 12.3 Å². The zero-order chi connectivity index (χ0) is 15.5. The predicted octanol–water partition coefficient (Wildman–Crippen LogP) is 2.99. The van der Waals surface area contributed by atoms with Gasteiger partial charge in [-0.3, -0.25) is 4.72 Å². The molecule has 3 N–H and O–H groups in total. The Morgan fingerprint density at radius 2 is 1.86 bits per heavy atom. The maximum atomic E-state index is 13.2. The zero-order valence-corrected chi connectivity index (χ0v) is 13.4. The van der Waals surface area contributed by atoms with Gasteiger partial charge in [-0.15, -0.1) is 0 Å². The summed E-state index contributed by atoms with van der Waals surface area (Å²) >= 11 is 3.18. The van der Waals surface area contributed by atoms with Crippen LogP contribution in [0.15, 0.2) is 46.9 Å². The van der Waals surface area contributed by atoms with Crippen molar-refractivity contribution in [3.05, 3.63) is 63.9 Å². The van der Waals surface area contributed by atoms with Gasteiger partial charge in [-0.05, 0) is 45.3 Å². The predicted molar refractivity (Wildman–Crippen MR) is 84.7 cm³/mol. The molecule has 0 aliphatic heterocycles. The number of halogens is 2. The molecule has 112 valence electrons. The molecule has 21 heavy (non-hydrogen) atoms. The average molecular weight is 373 g/mol. The number of benzene rings is 2. The highest BCUT2D eigenvalue weighted by atomic mass is 79.9. The Morgan fingerprint density at radius 1 is 1.14 bits per heavy atom. The first-order chi connectivity index (χ1) is 9.89. The van der Waals surface area contributed by atoms with Crippen LogP contribution in [0.5, 0.6) is 0 Å². The average Bonchev–Trinajstić information content (AvgIpc) is 2.42. The third kappa shape index (κ3) is 4.52. The van der Waals surface area contributed by atoms with E-state index in [4.69, 9.17) is 5.73 Å². The molecule has 2 rings (SSSR count). The number of nitrogens with one attached hydrogen (secondary N) is 1. The van der Waals surface area contributed by atoms with E-state index in [1.54, 1.807) is 18.2 Å². The lowest BCUT2D eigenvalue weighted by atomic mass is 10.1. The highest BCUT2D eigenvalue weighted by Gasteiger charge is 2.14. The van der Waals surface area contributed by atoms with Gasteiger partial charge in [-0.25, -0.2) is 12.8 Å². The van der Waals surface area contributed by atoms with Gasteiger partial charge < -0.3 is 5.73 Å². The van der Waals surface area contributed by atoms with Crippen LogP contribution in [0, 0.1) is 5.82 Å². The van der Waals surface area contributed by atoms with Gasteiger partial charge in [0.25, 0.3) is 0 Å². The van der Waals surface area contributed by atoms with Crippen LogP contribution in [0.2, 0.25) is 0 Å². The maximum Gasteiger partial charge on any atom is 0.236 e. The second kappa shape index (κ2) is 6.55. The Labute approximate surface area is 131 Å². The number of sulfonamides is 1. The fourth-order valence-corrected chi connectivity index (χ4v) is 3.52. The minimum Gasteiger partial charge on any atom is -0.326 e. The fraction of sp³-hybridized carbons (Fsp3) is 0.143. The highest BCUT2D eigenvalue weighted by molar-refractivity contribution is 9.10. The molecule has 0 heterocycles. The van der Waals surface area contributed by atoms with Gasteiger partial charge in [-0.1, -0.05) is 24.3 Å². The monoisotopic (exact) mass is 372 g/mol. The molecule has 0 unspecified atom stereocenters. The van der Waals surface area contributed by atoms with E-state index in [2.05, 4.69) is 20.7 Å². The molecule has 0 saturated heterocycles. The van der Waals surface area contributed by atoms with E-state index in [-0.39, 0.29) is 11.4 Å². The molecule has 2 aromatic carbocycles. The largest absolute Gasteiger partial charge is 0.326 e. The Hall–Kier alpha value is -1.44. The van der Waals surface area contributed by atoms with Gasteiger partial charge in [-0.2, -0.15) is 0 Å². The van der Waals surface area contributed by atoms with Crippen molar-refractivity contribution in [1.82, 2.24) is 0 Å². The second-order valence-electron chi connectivity index (χ2n) is 4.51. The Morgan fingerprint density at radius 3 is 2.57 bits per heavy atom. The van der Waals surface area contributed by atoms with Crippen LogP contribution in [0.3, 0.4) is 0 Å². The zero-order valence-electron chi connectivity index (χ0n) is 11.0. The van der Waals surface area contributed by atoms with Crippen molar-refractivity contribution >= 4 is 31.6 Å². The smallest absolute Gasteiger partial charge is 0.236 e. The maximum absolute atomic E-state index is 13.2. The van der Waals surface area contributed by atoms with E-state index in [9.17, 15) is 12.8 Å². The van der Waals surface area contributed by atoms with Gasteiger partial charge >= 0.3 is 0 Å². The summed E-state index contributed by atoms with van der Waals surface area (Å²) in [5.74, 6) is -0.718. The lowest BCUT2D eigenvalue weighted by molar-refractivity contribution is 0.600. The van der Waals surface area contributed by atoms with Crippen molar-refractivity contribution in [3.63, 3.8) is 0 Å². The van der Waals surface area contributed by atoms with Crippen LogP contribution in [0.4, 0.5) is 10.1 Å². The molecule has 0 aliphatic carbocycles. The summed E-state index contributed by atoms with van der Waals surface area (Å²) in [6, 6.07) is 10.8. The first-order valence-electron chi connectivity index (χ1n) is 6.13. The third-order valence-electron chi connectivity index (χ3n) is 2.78. The molecule has 0 atom stereocenters. The fourth-order valence-electron chi connectivity index (χ4n) is 1.85. The second-order valence-corrected chi connectivity index (χ2v) is 7.09. The number of anilines is 1. The topological polar surface area (TPSA) is 72.2 Å². The quantitative estimate of drug-likeness (QED) is 0.847. The van der Waals surface area contributed by atoms with Gasteiger partial charge in [0, 0.05) is 11.0 Å². The van der Waals surface area contributed by atoms with Gasteiger partial charge in [0.1, 0.15) is 5.82 Å². The standard InChI is InChI=1S/C14H14BrFN2O2S/c15-13-5-4-12(16)7-14(13)18-21(19,20)9-11-3-1-2-10(6-11)8-17/h1-7,18H,8-9,17H2. The summed E-state index contributed by atoms with van der Waals surface area (Å²) in [4.78, 5) is 0. The number of hydrogen-bond donors (Lipinski definition) is 2. The summed E-state index contributed by atoms with van der Waals surface area (Å²) in [5.41, 5.74) is 7.18. The minimum atomic E-state index is -3.64. The molecule has 7 heteroatoms. The molecule has 0 aliphatic rings. The molecule has 4 nitrogen and oxygen atoms in total. The van der Waals surface area contributed by atoms with E-state index in [1.165, 1.54) is 12.1 Å².